The third kappa shape index (κ3) is 5.20. The molecule has 2 amide bonds. The van der Waals surface area contributed by atoms with E-state index in [-0.39, 0.29) is 12.1 Å². The predicted molar refractivity (Wildman–Crippen MR) is 110 cm³/mol. The molecule has 1 fully saturated rings. The number of para-hydroxylation sites is 1. The molecule has 0 atom stereocenters. The van der Waals surface area contributed by atoms with Crippen molar-refractivity contribution in [3.63, 3.8) is 0 Å². The first-order chi connectivity index (χ1) is 12.7. The van der Waals surface area contributed by atoms with Crippen molar-refractivity contribution in [1.29, 1.82) is 0 Å². The van der Waals surface area contributed by atoms with Crippen LogP contribution in [0.1, 0.15) is 32.1 Å². The highest BCUT2D eigenvalue weighted by atomic mass is 32.1. The lowest BCUT2D eigenvalue weighted by Crippen LogP contribution is -2.51. The fraction of sp³-hybridized carbons (Fsp3) is 0.300. The molecule has 5 nitrogen and oxygen atoms in total. The van der Waals surface area contributed by atoms with Crippen molar-refractivity contribution < 1.29 is 4.79 Å². The summed E-state index contributed by atoms with van der Waals surface area (Å²) in [6, 6.07) is 18.0. The molecule has 0 heterocycles. The molecular formula is C20H24N4OS. The van der Waals surface area contributed by atoms with E-state index in [1.807, 2.05) is 54.6 Å². The van der Waals surface area contributed by atoms with Gasteiger partial charge < -0.3 is 10.6 Å². The maximum atomic E-state index is 12.0. The number of rotatable bonds is 3. The summed E-state index contributed by atoms with van der Waals surface area (Å²) in [5.41, 5.74) is 8.39. The molecule has 1 aliphatic rings. The molecular weight excluding hydrogens is 344 g/mol. The molecule has 0 aliphatic heterocycles. The fourth-order valence-corrected chi connectivity index (χ4v) is 3.36. The van der Waals surface area contributed by atoms with Crippen molar-refractivity contribution in [2.24, 2.45) is 0 Å². The van der Waals surface area contributed by atoms with Gasteiger partial charge in [-0.25, -0.2) is 10.2 Å². The molecule has 0 saturated heterocycles. The highest BCUT2D eigenvalue weighted by molar-refractivity contribution is 7.80. The molecule has 0 unspecified atom stereocenters. The van der Waals surface area contributed by atoms with Crippen LogP contribution in [-0.2, 0) is 0 Å². The number of benzene rings is 2. The number of amides is 2. The average molecular weight is 369 g/mol. The van der Waals surface area contributed by atoms with Crippen LogP contribution in [0.15, 0.2) is 54.6 Å². The second kappa shape index (κ2) is 9.20. The van der Waals surface area contributed by atoms with E-state index in [0.717, 1.165) is 29.7 Å². The Morgan fingerprint density at radius 2 is 1.58 bits per heavy atom. The first-order valence-electron chi connectivity index (χ1n) is 9.00. The van der Waals surface area contributed by atoms with E-state index in [1.54, 1.807) is 0 Å². The molecule has 4 N–H and O–H groups in total. The molecule has 2 aromatic rings. The van der Waals surface area contributed by atoms with Crippen LogP contribution in [0.4, 0.5) is 10.5 Å². The number of carbonyl (C=O) groups is 1. The predicted octanol–water partition coefficient (Wildman–Crippen LogP) is 4.19. The number of thiocarbonyl (C=S) groups is 1. The van der Waals surface area contributed by atoms with Gasteiger partial charge in [0, 0.05) is 17.3 Å². The van der Waals surface area contributed by atoms with E-state index in [9.17, 15) is 4.79 Å². The van der Waals surface area contributed by atoms with Gasteiger partial charge in [-0.3, -0.25) is 5.43 Å². The van der Waals surface area contributed by atoms with Gasteiger partial charge in [0.05, 0.1) is 0 Å². The van der Waals surface area contributed by atoms with Crippen molar-refractivity contribution in [3.8, 4) is 11.1 Å². The van der Waals surface area contributed by atoms with E-state index < -0.39 is 0 Å². The van der Waals surface area contributed by atoms with Gasteiger partial charge in [0.15, 0.2) is 5.11 Å². The topological polar surface area (TPSA) is 65.2 Å². The van der Waals surface area contributed by atoms with Gasteiger partial charge in [-0.1, -0.05) is 67.8 Å². The molecule has 1 saturated carbocycles. The minimum Gasteiger partial charge on any atom is -0.334 e. The molecule has 6 heteroatoms. The molecule has 1 aliphatic carbocycles. The average Bonchev–Trinajstić information content (AvgIpc) is 2.68. The zero-order chi connectivity index (χ0) is 18.2. The zero-order valence-electron chi connectivity index (χ0n) is 14.6. The Morgan fingerprint density at radius 3 is 2.35 bits per heavy atom. The van der Waals surface area contributed by atoms with Crippen molar-refractivity contribution in [3.05, 3.63) is 54.6 Å². The van der Waals surface area contributed by atoms with E-state index in [2.05, 4.69) is 21.5 Å². The first kappa shape index (κ1) is 18.2. The Labute approximate surface area is 159 Å². The lowest BCUT2D eigenvalue weighted by Gasteiger charge is -2.23. The molecule has 0 aromatic heterocycles. The first-order valence-corrected chi connectivity index (χ1v) is 9.41. The number of nitrogens with one attached hydrogen (secondary N) is 4. The minimum atomic E-state index is -0.252. The lowest BCUT2D eigenvalue weighted by atomic mass is 9.96. The van der Waals surface area contributed by atoms with E-state index in [0.29, 0.717) is 5.11 Å². The summed E-state index contributed by atoms with van der Waals surface area (Å²) in [4.78, 5) is 12.0. The normalized spacial score (nSPS) is 14.3. The van der Waals surface area contributed by atoms with E-state index in [4.69, 9.17) is 12.2 Å². The highest BCUT2D eigenvalue weighted by Crippen LogP contribution is 2.27. The van der Waals surface area contributed by atoms with Crippen LogP contribution in [0.5, 0.6) is 0 Å². The fourth-order valence-electron chi connectivity index (χ4n) is 3.20. The van der Waals surface area contributed by atoms with Gasteiger partial charge in [0.1, 0.15) is 0 Å². The Morgan fingerprint density at radius 1 is 0.885 bits per heavy atom. The van der Waals surface area contributed by atoms with Crippen LogP contribution < -0.4 is 21.5 Å². The Bertz CT molecular complexity index is 744. The Hall–Kier alpha value is -2.60. The third-order valence-electron chi connectivity index (χ3n) is 4.49. The summed E-state index contributed by atoms with van der Waals surface area (Å²) < 4.78 is 0. The van der Waals surface area contributed by atoms with Crippen LogP contribution in [0, 0.1) is 0 Å². The third-order valence-corrected chi connectivity index (χ3v) is 4.69. The van der Waals surface area contributed by atoms with Gasteiger partial charge in [0.2, 0.25) is 0 Å². The van der Waals surface area contributed by atoms with Crippen LogP contribution in [0.2, 0.25) is 0 Å². The quantitative estimate of drug-likeness (QED) is 0.485. The molecule has 2 aromatic carbocycles. The van der Waals surface area contributed by atoms with E-state index in [1.165, 1.54) is 19.3 Å². The number of carbonyl (C=O) groups excluding carboxylic acids is 1. The van der Waals surface area contributed by atoms with Crippen molar-refractivity contribution in [2.75, 3.05) is 5.32 Å². The number of urea groups is 1. The Kier molecular flexibility index (Phi) is 6.44. The lowest BCUT2D eigenvalue weighted by molar-refractivity contribution is 0.231. The maximum Gasteiger partial charge on any atom is 0.333 e. The standard InChI is InChI=1S/C20H24N4OS/c25-19(21-16-11-5-2-6-12-16)23-24-20(26)22-18-14-8-7-13-17(18)15-9-3-1-4-10-15/h1,3-4,7-10,13-14,16H,2,5-6,11-12H2,(H2,21,23,25)(H2,22,24,26). The molecule has 0 radical (unpaired) electrons. The zero-order valence-corrected chi connectivity index (χ0v) is 15.4. The second-order valence-corrected chi connectivity index (χ2v) is 6.83. The number of hydrogen-bond acceptors (Lipinski definition) is 2. The molecule has 3 rings (SSSR count). The molecule has 0 spiro atoms. The summed E-state index contributed by atoms with van der Waals surface area (Å²) in [5.74, 6) is 0. The number of hydrazine groups is 1. The molecule has 0 bridgehead atoms. The number of hydrogen-bond donors (Lipinski definition) is 4. The maximum absolute atomic E-state index is 12.0. The summed E-state index contributed by atoms with van der Waals surface area (Å²) in [5, 5.41) is 6.46. The van der Waals surface area contributed by atoms with Crippen LogP contribution in [-0.4, -0.2) is 17.2 Å². The van der Waals surface area contributed by atoms with Gasteiger partial charge >= 0.3 is 6.03 Å². The van der Waals surface area contributed by atoms with Crippen molar-refractivity contribution >= 4 is 29.0 Å². The van der Waals surface area contributed by atoms with Crippen LogP contribution in [0.25, 0.3) is 11.1 Å². The van der Waals surface area contributed by atoms with Crippen LogP contribution >= 0.6 is 12.2 Å². The molecule has 26 heavy (non-hydrogen) atoms. The second-order valence-electron chi connectivity index (χ2n) is 6.42. The van der Waals surface area contributed by atoms with Gasteiger partial charge in [-0.2, -0.15) is 0 Å². The number of anilines is 1. The van der Waals surface area contributed by atoms with Crippen molar-refractivity contribution in [1.82, 2.24) is 16.2 Å². The summed E-state index contributed by atoms with van der Waals surface area (Å²) >= 11 is 5.30. The van der Waals surface area contributed by atoms with Crippen LogP contribution in [0.3, 0.4) is 0 Å². The Balaban J connectivity index is 1.53. The van der Waals surface area contributed by atoms with Crippen molar-refractivity contribution in [2.45, 2.75) is 38.1 Å². The smallest absolute Gasteiger partial charge is 0.333 e. The monoisotopic (exact) mass is 368 g/mol. The minimum absolute atomic E-state index is 0.252. The van der Waals surface area contributed by atoms with Gasteiger partial charge in [-0.15, -0.1) is 0 Å². The SMILES string of the molecule is O=C(NNC(=S)Nc1ccccc1-c1ccccc1)NC1CCCCC1. The summed E-state index contributed by atoms with van der Waals surface area (Å²) in [6.07, 6.45) is 5.69. The summed E-state index contributed by atoms with van der Waals surface area (Å²) in [6.45, 7) is 0. The largest absolute Gasteiger partial charge is 0.334 e. The molecule has 136 valence electrons. The highest BCUT2D eigenvalue weighted by Gasteiger charge is 2.15. The van der Waals surface area contributed by atoms with Gasteiger partial charge in [-0.05, 0) is 36.7 Å². The van der Waals surface area contributed by atoms with E-state index >= 15 is 0 Å². The van der Waals surface area contributed by atoms with Gasteiger partial charge in [0.25, 0.3) is 0 Å². The summed E-state index contributed by atoms with van der Waals surface area (Å²) in [7, 11) is 0.